The van der Waals surface area contributed by atoms with Gasteiger partial charge in [0.25, 0.3) is 0 Å². The Kier molecular flexibility index (Phi) is 4.37. The lowest BCUT2D eigenvalue weighted by Gasteiger charge is -2.40. The van der Waals surface area contributed by atoms with E-state index >= 15 is 0 Å². The molecule has 0 spiro atoms. The normalized spacial score (nSPS) is 26.0. The van der Waals surface area contributed by atoms with E-state index in [0.29, 0.717) is 29.8 Å². The fourth-order valence-corrected chi connectivity index (χ4v) is 2.64. The number of ether oxygens (including phenoxy) is 1. The van der Waals surface area contributed by atoms with Gasteiger partial charge in [0.1, 0.15) is 5.82 Å². The van der Waals surface area contributed by atoms with Gasteiger partial charge in [-0.15, -0.1) is 0 Å². The van der Waals surface area contributed by atoms with Gasteiger partial charge in [-0.2, -0.15) is 0 Å². The zero-order valence-corrected chi connectivity index (χ0v) is 11.6. The number of hydrogen-bond acceptors (Lipinski definition) is 3. The van der Waals surface area contributed by atoms with Crippen LogP contribution in [-0.4, -0.2) is 24.9 Å². The smallest absolute Gasteiger partial charge is 0.137 e. The van der Waals surface area contributed by atoms with Gasteiger partial charge >= 0.3 is 0 Å². The van der Waals surface area contributed by atoms with Crippen LogP contribution in [0.1, 0.15) is 24.5 Å². The summed E-state index contributed by atoms with van der Waals surface area (Å²) in [7, 11) is 0. The fourth-order valence-electron chi connectivity index (χ4n) is 2.40. The van der Waals surface area contributed by atoms with Crippen LogP contribution >= 0.6 is 15.9 Å². The molecule has 1 fully saturated rings. The van der Waals surface area contributed by atoms with Crippen molar-refractivity contribution in [3.8, 4) is 0 Å². The second-order valence-corrected chi connectivity index (χ2v) is 5.65. The monoisotopic (exact) mass is 317 g/mol. The van der Waals surface area contributed by atoms with Gasteiger partial charge < -0.3 is 15.6 Å². The molecule has 1 aromatic carbocycles. The number of rotatable bonds is 3. The summed E-state index contributed by atoms with van der Waals surface area (Å²) in [6.45, 7) is 1.44. The van der Waals surface area contributed by atoms with E-state index in [-0.39, 0.29) is 5.82 Å². The van der Waals surface area contributed by atoms with Gasteiger partial charge in [0.05, 0.1) is 17.2 Å². The molecule has 2 unspecified atom stereocenters. The highest BCUT2D eigenvalue weighted by atomic mass is 79.9. The molecular formula is C13H17BrFNO2. The van der Waals surface area contributed by atoms with Crippen LogP contribution in [0.3, 0.4) is 0 Å². The summed E-state index contributed by atoms with van der Waals surface area (Å²) in [5, 5.41) is 10.5. The van der Waals surface area contributed by atoms with Crippen molar-refractivity contribution in [2.75, 3.05) is 19.8 Å². The molecule has 0 bridgehead atoms. The largest absolute Gasteiger partial charge is 0.388 e. The van der Waals surface area contributed by atoms with Crippen molar-refractivity contribution in [3.63, 3.8) is 0 Å². The van der Waals surface area contributed by atoms with E-state index in [1.807, 2.05) is 0 Å². The Morgan fingerprint density at radius 1 is 1.56 bits per heavy atom. The molecular weight excluding hydrogens is 301 g/mol. The van der Waals surface area contributed by atoms with Crippen LogP contribution in [0.5, 0.6) is 0 Å². The van der Waals surface area contributed by atoms with Crippen LogP contribution in [0.15, 0.2) is 22.7 Å². The molecule has 0 aromatic heterocycles. The van der Waals surface area contributed by atoms with Crippen LogP contribution in [0.4, 0.5) is 4.39 Å². The van der Waals surface area contributed by atoms with Crippen molar-refractivity contribution in [2.24, 2.45) is 11.1 Å². The zero-order valence-electron chi connectivity index (χ0n) is 10.0. The van der Waals surface area contributed by atoms with Crippen molar-refractivity contribution in [3.05, 3.63) is 34.1 Å². The predicted molar refractivity (Wildman–Crippen MR) is 70.6 cm³/mol. The van der Waals surface area contributed by atoms with E-state index < -0.39 is 11.5 Å². The Balaban J connectivity index is 2.27. The maximum absolute atomic E-state index is 13.5. The van der Waals surface area contributed by atoms with Crippen LogP contribution < -0.4 is 5.73 Å². The molecule has 1 aliphatic heterocycles. The minimum atomic E-state index is -0.801. The fraction of sp³-hybridized carbons (Fsp3) is 0.538. The minimum absolute atomic E-state index is 0.325. The lowest BCUT2D eigenvalue weighted by Crippen LogP contribution is -2.43. The average Bonchev–Trinajstić information content (AvgIpc) is 2.42. The van der Waals surface area contributed by atoms with Crippen molar-refractivity contribution >= 4 is 15.9 Å². The van der Waals surface area contributed by atoms with Gasteiger partial charge in [0.15, 0.2) is 0 Å². The first-order valence-electron chi connectivity index (χ1n) is 6.00. The molecule has 3 N–H and O–H groups in total. The summed E-state index contributed by atoms with van der Waals surface area (Å²) in [5.74, 6) is -0.379. The third kappa shape index (κ3) is 2.59. The highest BCUT2D eigenvalue weighted by Crippen LogP contribution is 2.40. The van der Waals surface area contributed by atoms with Crippen molar-refractivity contribution in [1.82, 2.24) is 0 Å². The van der Waals surface area contributed by atoms with Gasteiger partial charge in [0, 0.05) is 18.6 Å². The first kappa shape index (κ1) is 13.9. The predicted octanol–water partition coefficient (Wildman–Crippen LogP) is 2.38. The van der Waals surface area contributed by atoms with Crippen molar-refractivity contribution in [1.29, 1.82) is 0 Å². The summed E-state index contributed by atoms with van der Waals surface area (Å²) in [6, 6.07) is 4.66. The van der Waals surface area contributed by atoms with E-state index in [1.54, 1.807) is 12.1 Å². The highest BCUT2D eigenvalue weighted by Gasteiger charge is 2.39. The van der Waals surface area contributed by atoms with Crippen molar-refractivity contribution < 1.29 is 14.2 Å². The molecule has 1 aromatic rings. The maximum Gasteiger partial charge on any atom is 0.137 e. The summed E-state index contributed by atoms with van der Waals surface area (Å²) in [6.07, 6.45) is 0.862. The van der Waals surface area contributed by atoms with E-state index in [9.17, 15) is 9.50 Å². The second kappa shape index (κ2) is 5.65. The molecule has 100 valence electrons. The molecule has 0 radical (unpaired) electrons. The SMILES string of the molecule is NCC1(C(O)c2ccc(Br)c(F)c2)CCCOC1. The molecule has 1 aliphatic rings. The van der Waals surface area contributed by atoms with Crippen LogP contribution in [0, 0.1) is 11.2 Å². The molecule has 0 amide bonds. The molecule has 0 aliphatic carbocycles. The number of nitrogens with two attached hydrogens (primary N) is 1. The van der Waals surface area contributed by atoms with Crippen LogP contribution in [0.2, 0.25) is 0 Å². The standard InChI is InChI=1S/C13H17BrFNO2/c14-10-3-2-9(6-11(10)15)12(17)13(7-16)4-1-5-18-8-13/h2-3,6,12,17H,1,4-5,7-8,16H2. The Bertz CT molecular complexity index is 421. The van der Waals surface area contributed by atoms with E-state index in [1.165, 1.54) is 6.07 Å². The Labute approximate surface area is 114 Å². The summed E-state index contributed by atoms with van der Waals surface area (Å²) >= 11 is 3.10. The summed E-state index contributed by atoms with van der Waals surface area (Å²) in [4.78, 5) is 0. The average molecular weight is 318 g/mol. The van der Waals surface area contributed by atoms with Gasteiger partial charge in [-0.05, 0) is 46.5 Å². The lowest BCUT2D eigenvalue weighted by atomic mass is 9.75. The van der Waals surface area contributed by atoms with Gasteiger partial charge in [0.2, 0.25) is 0 Å². The first-order chi connectivity index (χ1) is 8.59. The highest BCUT2D eigenvalue weighted by molar-refractivity contribution is 9.10. The third-order valence-electron chi connectivity index (χ3n) is 3.60. The Hall–Kier alpha value is -0.490. The molecule has 1 saturated heterocycles. The lowest BCUT2D eigenvalue weighted by molar-refractivity contribution is -0.0782. The quantitative estimate of drug-likeness (QED) is 0.900. The summed E-state index contributed by atoms with van der Waals surface area (Å²) in [5.41, 5.74) is 5.85. The topological polar surface area (TPSA) is 55.5 Å². The van der Waals surface area contributed by atoms with Crippen LogP contribution in [0.25, 0.3) is 0 Å². The molecule has 18 heavy (non-hydrogen) atoms. The molecule has 5 heteroatoms. The maximum atomic E-state index is 13.5. The second-order valence-electron chi connectivity index (χ2n) is 4.80. The Morgan fingerprint density at radius 3 is 2.89 bits per heavy atom. The zero-order chi connectivity index (χ0) is 13.2. The first-order valence-corrected chi connectivity index (χ1v) is 6.79. The van der Waals surface area contributed by atoms with Gasteiger partial charge in [-0.3, -0.25) is 0 Å². The van der Waals surface area contributed by atoms with E-state index in [4.69, 9.17) is 10.5 Å². The molecule has 0 saturated carbocycles. The van der Waals surface area contributed by atoms with Gasteiger partial charge in [-0.1, -0.05) is 6.07 Å². The van der Waals surface area contributed by atoms with Crippen molar-refractivity contribution in [2.45, 2.75) is 18.9 Å². The van der Waals surface area contributed by atoms with E-state index in [2.05, 4.69) is 15.9 Å². The number of aliphatic hydroxyl groups excluding tert-OH is 1. The van der Waals surface area contributed by atoms with E-state index in [0.717, 1.165) is 12.8 Å². The molecule has 2 rings (SSSR count). The molecule has 3 nitrogen and oxygen atoms in total. The number of halogens is 2. The third-order valence-corrected chi connectivity index (χ3v) is 4.24. The molecule has 1 heterocycles. The molecule has 2 atom stereocenters. The number of benzene rings is 1. The summed E-state index contributed by atoms with van der Waals surface area (Å²) < 4.78 is 19.3. The number of hydrogen-bond donors (Lipinski definition) is 2. The van der Waals surface area contributed by atoms with Crippen LogP contribution in [-0.2, 0) is 4.74 Å². The Morgan fingerprint density at radius 2 is 2.33 bits per heavy atom. The number of aliphatic hydroxyl groups is 1. The minimum Gasteiger partial charge on any atom is -0.388 e. The van der Waals surface area contributed by atoms with Gasteiger partial charge in [-0.25, -0.2) is 4.39 Å².